The number of thiocarbonyl (C=S) groups is 1. The number of hydrogen-bond acceptors (Lipinski definition) is 3. The van der Waals surface area contributed by atoms with Gasteiger partial charge in [-0.25, -0.2) is 8.78 Å². The largest absolute Gasteiger partial charge is 0.232 e. The average molecular weight is 230 g/mol. The summed E-state index contributed by atoms with van der Waals surface area (Å²) in [4.78, 5) is 0. The number of alkyl halides is 2. The highest BCUT2D eigenvalue weighted by atomic mass is 32.2. The van der Waals surface area contributed by atoms with E-state index in [0.717, 1.165) is 23.5 Å². The molecule has 0 N–H and O–H groups in total. The third-order valence-electron chi connectivity index (χ3n) is 0.652. The highest BCUT2D eigenvalue weighted by Gasteiger charge is 2.25. The smallest absolute Gasteiger partial charge is 0.156 e. The summed E-state index contributed by atoms with van der Waals surface area (Å²) in [6, 6.07) is 0. The SMILES string of the molecule is CC(C)(F)SC(=S)SC(C)(C)F. The summed E-state index contributed by atoms with van der Waals surface area (Å²) in [7, 11) is 0. The minimum absolute atomic E-state index is 0.301. The van der Waals surface area contributed by atoms with Crippen molar-refractivity contribution in [2.45, 2.75) is 37.7 Å². The van der Waals surface area contributed by atoms with E-state index in [2.05, 4.69) is 0 Å². The summed E-state index contributed by atoms with van der Waals surface area (Å²) in [6.45, 7) is 5.59. The van der Waals surface area contributed by atoms with Crippen LogP contribution in [0.4, 0.5) is 8.78 Å². The molecule has 0 spiro atoms. The molecule has 0 aliphatic heterocycles. The van der Waals surface area contributed by atoms with Gasteiger partial charge in [-0.2, -0.15) is 0 Å². The van der Waals surface area contributed by atoms with Gasteiger partial charge in [0.2, 0.25) is 0 Å². The molecule has 0 aliphatic rings. The summed E-state index contributed by atoms with van der Waals surface area (Å²) in [5, 5.41) is -2.84. The van der Waals surface area contributed by atoms with E-state index in [1.54, 1.807) is 0 Å². The molecule has 0 bridgehead atoms. The maximum Gasteiger partial charge on any atom is 0.156 e. The molecule has 5 heteroatoms. The summed E-state index contributed by atoms with van der Waals surface area (Å²) in [6.07, 6.45) is 0. The molecule has 0 atom stereocenters. The molecule has 0 radical (unpaired) electrons. The second-order valence-corrected chi connectivity index (χ2v) is 7.53. The second kappa shape index (κ2) is 4.24. The van der Waals surface area contributed by atoms with Gasteiger partial charge in [0.05, 0.1) is 0 Å². The predicted molar refractivity (Wildman–Crippen MR) is 58.2 cm³/mol. The van der Waals surface area contributed by atoms with Crippen LogP contribution < -0.4 is 0 Å². The van der Waals surface area contributed by atoms with Crippen LogP contribution in [0.5, 0.6) is 0 Å². The van der Waals surface area contributed by atoms with Crippen LogP contribution in [0, 0.1) is 0 Å². The first-order valence-electron chi connectivity index (χ1n) is 3.40. The maximum absolute atomic E-state index is 13.0. The number of thioether (sulfide) groups is 2. The first kappa shape index (κ1) is 12.7. The quantitative estimate of drug-likeness (QED) is 0.654. The van der Waals surface area contributed by atoms with Gasteiger partial charge >= 0.3 is 0 Å². The van der Waals surface area contributed by atoms with Crippen molar-refractivity contribution in [1.29, 1.82) is 0 Å². The lowest BCUT2D eigenvalue weighted by Gasteiger charge is -2.17. The Morgan fingerprint density at radius 3 is 1.42 bits per heavy atom. The predicted octanol–water partition coefficient (Wildman–Crippen LogP) is 4.15. The topological polar surface area (TPSA) is 0 Å². The lowest BCUT2D eigenvalue weighted by Crippen LogP contribution is -2.12. The molecule has 0 aliphatic carbocycles. The highest BCUT2D eigenvalue weighted by Crippen LogP contribution is 2.37. The Labute approximate surface area is 85.9 Å². The van der Waals surface area contributed by atoms with E-state index in [1.807, 2.05) is 0 Å². The van der Waals surface area contributed by atoms with Crippen LogP contribution in [-0.2, 0) is 0 Å². The van der Waals surface area contributed by atoms with Crippen molar-refractivity contribution in [3.05, 3.63) is 0 Å². The van der Waals surface area contributed by atoms with Crippen LogP contribution >= 0.6 is 35.7 Å². The highest BCUT2D eigenvalue weighted by molar-refractivity contribution is 8.47. The fraction of sp³-hybridized carbons (Fsp3) is 0.857. The van der Waals surface area contributed by atoms with E-state index in [9.17, 15) is 8.78 Å². The van der Waals surface area contributed by atoms with E-state index in [-0.39, 0.29) is 0 Å². The van der Waals surface area contributed by atoms with Gasteiger partial charge in [-0.15, -0.1) is 0 Å². The van der Waals surface area contributed by atoms with E-state index >= 15 is 0 Å². The van der Waals surface area contributed by atoms with Gasteiger partial charge in [-0.3, -0.25) is 0 Å². The molecule has 0 aromatic rings. The Bertz CT molecular complexity index is 148. The molecule has 72 valence electrons. The van der Waals surface area contributed by atoms with Crippen molar-refractivity contribution in [3.8, 4) is 0 Å². The van der Waals surface area contributed by atoms with Crippen molar-refractivity contribution in [1.82, 2.24) is 0 Å². The molecule has 0 aromatic heterocycles. The molecular formula is C7H12F2S3. The van der Waals surface area contributed by atoms with E-state index in [4.69, 9.17) is 12.2 Å². The first-order chi connectivity index (χ1) is 5.10. The van der Waals surface area contributed by atoms with E-state index in [0.29, 0.717) is 3.53 Å². The fourth-order valence-electron chi connectivity index (χ4n) is 0.417. The normalized spacial score (nSPS) is 13.2. The minimum atomic E-state index is -1.42. The van der Waals surface area contributed by atoms with Crippen molar-refractivity contribution in [2.75, 3.05) is 0 Å². The van der Waals surface area contributed by atoms with Gasteiger partial charge in [0.25, 0.3) is 0 Å². The molecule has 0 unspecified atom stereocenters. The van der Waals surface area contributed by atoms with Gasteiger partial charge in [0.15, 0.2) is 10.0 Å². The zero-order valence-electron chi connectivity index (χ0n) is 7.48. The van der Waals surface area contributed by atoms with Crippen LogP contribution in [0.15, 0.2) is 0 Å². The standard InChI is InChI=1S/C7H12F2S3/c1-6(2,8)11-5(10)12-7(3,4)9/h1-4H3. The average Bonchev–Trinajstić information content (AvgIpc) is 1.49. The Morgan fingerprint density at radius 2 is 1.25 bits per heavy atom. The second-order valence-electron chi connectivity index (χ2n) is 3.18. The summed E-state index contributed by atoms with van der Waals surface area (Å²) in [5.74, 6) is 0. The molecule has 0 saturated carbocycles. The number of hydrogen-bond donors (Lipinski definition) is 0. The van der Waals surface area contributed by atoms with E-state index < -0.39 is 10.0 Å². The third-order valence-corrected chi connectivity index (χ3v) is 2.96. The zero-order chi connectivity index (χ0) is 9.99. The van der Waals surface area contributed by atoms with Crippen LogP contribution in [0.1, 0.15) is 27.7 Å². The lowest BCUT2D eigenvalue weighted by atomic mass is 10.5. The third kappa shape index (κ3) is 8.74. The maximum atomic E-state index is 13.0. The fourth-order valence-corrected chi connectivity index (χ4v) is 3.75. The van der Waals surface area contributed by atoms with Crippen LogP contribution in [0.3, 0.4) is 0 Å². The number of halogens is 2. The first-order valence-corrected chi connectivity index (χ1v) is 5.44. The Balaban J connectivity index is 3.92. The minimum Gasteiger partial charge on any atom is -0.232 e. The van der Waals surface area contributed by atoms with Crippen LogP contribution in [0.25, 0.3) is 0 Å². The molecule has 0 rings (SSSR count). The molecule has 0 aromatic carbocycles. The Hall–Kier alpha value is 0.650. The zero-order valence-corrected chi connectivity index (χ0v) is 9.93. The molecule has 0 fully saturated rings. The van der Waals surface area contributed by atoms with Crippen molar-refractivity contribution >= 4 is 39.3 Å². The lowest BCUT2D eigenvalue weighted by molar-refractivity contribution is 0.347. The molecule has 0 nitrogen and oxygen atoms in total. The van der Waals surface area contributed by atoms with Gasteiger partial charge < -0.3 is 0 Å². The van der Waals surface area contributed by atoms with Crippen LogP contribution in [0.2, 0.25) is 0 Å². The van der Waals surface area contributed by atoms with E-state index in [1.165, 1.54) is 27.7 Å². The summed E-state index contributed by atoms with van der Waals surface area (Å²) in [5.41, 5.74) is 0. The summed E-state index contributed by atoms with van der Waals surface area (Å²) < 4.78 is 26.2. The molecule has 0 heterocycles. The van der Waals surface area contributed by atoms with Crippen LogP contribution in [-0.4, -0.2) is 13.5 Å². The van der Waals surface area contributed by atoms with Gasteiger partial charge in [0.1, 0.15) is 3.53 Å². The van der Waals surface area contributed by atoms with Gasteiger partial charge in [-0.05, 0) is 27.7 Å². The van der Waals surface area contributed by atoms with Gasteiger partial charge in [0, 0.05) is 0 Å². The van der Waals surface area contributed by atoms with Crippen molar-refractivity contribution < 1.29 is 8.78 Å². The molecular weight excluding hydrogens is 218 g/mol. The van der Waals surface area contributed by atoms with Gasteiger partial charge in [-0.1, -0.05) is 35.7 Å². The van der Waals surface area contributed by atoms with Crippen molar-refractivity contribution in [2.24, 2.45) is 0 Å². The Morgan fingerprint density at radius 1 is 1.00 bits per heavy atom. The number of rotatable bonds is 2. The molecule has 0 amide bonds. The molecule has 12 heavy (non-hydrogen) atoms. The Kier molecular flexibility index (Phi) is 4.47. The monoisotopic (exact) mass is 230 g/mol. The molecule has 0 saturated heterocycles. The van der Waals surface area contributed by atoms with Crippen molar-refractivity contribution in [3.63, 3.8) is 0 Å². The summed E-state index contributed by atoms with van der Waals surface area (Å²) >= 11 is 6.54.